The number of carbonyl (C=O) groups is 1. The van der Waals surface area contributed by atoms with E-state index in [1.54, 1.807) is 29.2 Å². The number of hydrogen-bond acceptors (Lipinski definition) is 3. The van der Waals surface area contributed by atoms with Gasteiger partial charge in [0, 0.05) is 31.4 Å². The number of aromatic hydroxyl groups is 1. The van der Waals surface area contributed by atoms with E-state index in [9.17, 15) is 9.90 Å². The summed E-state index contributed by atoms with van der Waals surface area (Å²) in [4.78, 5) is 11.7. The van der Waals surface area contributed by atoms with Gasteiger partial charge in [0.15, 0.2) is 0 Å². The molecule has 2 rings (SSSR count). The molecule has 0 radical (unpaired) electrons. The lowest BCUT2D eigenvalue weighted by Gasteiger charge is -2.07. The van der Waals surface area contributed by atoms with Crippen LogP contribution in [0.3, 0.4) is 0 Å². The predicted molar refractivity (Wildman–Crippen MR) is 68.6 cm³/mol. The number of nitrogens with zero attached hydrogens (tertiary/aromatic N) is 2. The average molecular weight is 266 g/mol. The van der Waals surface area contributed by atoms with Crippen molar-refractivity contribution in [2.75, 3.05) is 5.32 Å². The molecule has 1 aromatic carbocycles. The van der Waals surface area contributed by atoms with E-state index in [-0.39, 0.29) is 11.7 Å². The summed E-state index contributed by atoms with van der Waals surface area (Å²) in [5.74, 6) is -0.0902. The Hall–Kier alpha value is -2.01. The molecule has 0 atom stereocenters. The van der Waals surface area contributed by atoms with E-state index in [0.717, 1.165) is 0 Å². The highest BCUT2D eigenvalue weighted by Crippen LogP contribution is 2.25. The zero-order valence-electron chi connectivity index (χ0n) is 9.51. The van der Waals surface area contributed by atoms with Crippen molar-refractivity contribution in [3.63, 3.8) is 0 Å². The number of anilines is 1. The number of rotatable bonds is 4. The summed E-state index contributed by atoms with van der Waals surface area (Å²) in [5.41, 5.74) is 0.486. The Labute approximate surface area is 109 Å². The molecule has 0 fully saturated rings. The fraction of sp³-hybridized carbons (Fsp3) is 0.167. The van der Waals surface area contributed by atoms with Crippen molar-refractivity contribution in [1.29, 1.82) is 0 Å². The molecule has 1 aromatic heterocycles. The van der Waals surface area contributed by atoms with Crippen LogP contribution in [-0.2, 0) is 11.3 Å². The summed E-state index contributed by atoms with van der Waals surface area (Å²) < 4.78 is 1.68. The molecule has 6 heteroatoms. The van der Waals surface area contributed by atoms with E-state index < -0.39 is 0 Å². The zero-order chi connectivity index (χ0) is 13.0. The van der Waals surface area contributed by atoms with E-state index >= 15 is 0 Å². The van der Waals surface area contributed by atoms with Gasteiger partial charge in [-0.3, -0.25) is 9.48 Å². The van der Waals surface area contributed by atoms with Crippen LogP contribution in [0.25, 0.3) is 0 Å². The van der Waals surface area contributed by atoms with Gasteiger partial charge in [0.25, 0.3) is 0 Å². The Morgan fingerprint density at radius 3 is 3.00 bits per heavy atom. The Morgan fingerprint density at radius 1 is 1.50 bits per heavy atom. The van der Waals surface area contributed by atoms with E-state index in [4.69, 9.17) is 11.6 Å². The fourth-order valence-electron chi connectivity index (χ4n) is 1.47. The topological polar surface area (TPSA) is 67.2 Å². The van der Waals surface area contributed by atoms with E-state index in [0.29, 0.717) is 23.7 Å². The molecule has 0 unspecified atom stereocenters. The molecule has 0 bridgehead atoms. The molecule has 2 N–H and O–H groups in total. The van der Waals surface area contributed by atoms with Gasteiger partial charge in [-0.25, -0.2) is 0 Å². The SMILES string of the molecule is O=C(CCn1cccn1)Nc1ccc(O)cc1Cl. The van der Waals surface area contributed by atoms with Crippen LogP contribution in [0.5, 0.6) is 5.75 Å². The van der Waals surface area contributed by atoms with Gasteiger partial charge >= 0.3 is 0 Å². The maximum absolute atomic E-state index is 11.7. The van der Waals surface area contributed by atoms with Gasteiger partial charge in [-0.1, -0.05) is 11.6 Å². The Kier molecular flexibility index (Phi) is 3.84. The lowest BCUT2D eigenvalue weighted by Crippen LogP contribution is -2.14. The molecular weight excluding hydrogens is 254 g/mol. The summed E-state index contributed by atoms with van der Waals surface area (Å²) in [6.07, 6.45) is 3.76. The number of nitrogens with one attached hydrogen (secondary N) is 1. The normalized spacial score (nSPS) is 10.3. The minimum Gasteiger partial charge on any atom is -0.508 e. The number of amides is 1. The van der Waals surface area contributed by atoms with Crippen LogP contribution >= 0.6 is 11.6 Å². The molecule has 0 aliphatic carbocycles. The molecule has 18 heavy (non-hydrogen) atoms. The maximum atomic E-state index is 11.7. The fourth-order valence-corrected chi connectivity index (χ4v) is 1.69. The molecule has 5 nitrogen and oxygen atoms in total. The van der Waals surface area contributed by atoms with Crippen molar-refractivity contribution in [3.8, 4) is 5.75 Å². The van der Waals surface area contributed by atoms with Crippen LogP contribution in [-0.4, -0.2) is 20.8 Å². The van der Waals surface area contributed by atoms with Crippen LogP contribution in [0.15, 0.2) is 36.7 Å². The number of phenols is 1. The van der Waals surface area contributed by atoms with Gasteiger partial charge in [-0.2, -0.15) is 5.10 Å². The second-order valence-corrected chi connectivity index (χ2v) is 4.14. The molecule has 1 amide bonds. The van der Waals surface area contributed by atoms with Gasteiger partial charge in [0.05, 0.1) is 10.7 Å². The Morgan fingerprint density at radius 2 is 2.33 bits per heavy atom. The predicted octanol–water partition coefficient (Wildman–Crippen LogP) is 2.27. The van der Waals surface area contributed by atoms with Crippen LogP contribution < -0.4 is 5.32 Å². The van der Waals surface area contributed by atoms with E-state index in [2.05, 4.69) is 10.4 Å². The molecule has 0 saturated heterocycles. The zero-order valence-corrected chi connectivity index (χ0v) is 10.3. The van der Waals surface area contributed by atoms with Crippen LogP contribution in [0.1, 0.15) is 6.42 Å². The number of hydrogen-bond donors (Lipinski definition) is 2. The first-order chi connectivity index (χ1) is 8.65. The van der Waals surface area contributed by atoms with Gasteiger partial charge in [0.2, 0.25) is 5.91 Å². The summed E-state index contributed by atoms with van der Waals surface area (Å²) in [6.45, 7) is 0.508. The molecule has 94 valence electrons. The standard InChI is InChI=1S/C12H12ClN3O2/c13-10-8-9(17)2-3-11(10)15-12(18)4-7-16-6-1-5-14-16/h1-3,5-6,8,17H,4,7H2,(H,15,18). The number of aryl methyl sites for hydroxylation is 1. The van der Waals surface area contributed by atoms with Gasteiger partial charge in [0.1, 0.15) is 5.75 Å². The van der Waals surface area contributed by atoms with Crippen LogP contribution in [0.4, 0.5) is 5.69 Å². The van der Waals surface area contributed by atoms with E-state index in [1.807, 2.05) is 0 Å². The minimum atomic E-state index is -0.155. The third-order valence-corrected chi connectivity index (χ3v) is 2.67. The van der Waals surface area contributed by atoms with Crippen molar-refractivity contribution in [2.45, 2.75) is 13.0 Å². The number of aromatic nitrogens is 2. The lowest BCUT2D eigenvalue weighted by atomic mass is 10.3. The van der Waals surface area contributed by atoms with Gasteiger partial charge < -0.3 is 10.4 Å². The van der Waals surface area contributed by atoms with Crippen molar-refractivity contribution < 1.29 is 9.90 Å². The summed E-state index contributed by atoms with van der Waals surface area (Å²) >= 11 is 5.88. The van der Waals surface area contributed by atoms with Crippen LogP contribution in [0, 0.1) is 0 Å². The third kappa shape index (κ3) is 3.24. The van der Waals surface area contributed by atoms with Crippen molar-refractivity contribution in [2.24, 2.45) is 0 Å². The van der Waals surface area contributed by atoms with Gasteiger partial charge in [-0.15, -0.1) is 0 Å². The number of benzene rings is 1. The Bertz CT molecular complexity index is 540. The Balaban J connectivity index is 1.91. The second-order valence-electron chi connectivity index (χ2n) is 3.73. The monoisotopic (exact) mass is 265 g/mol. The van der Waals surface area contributed by atoms with E-state index in [1.165, 1.54) is 12.1 Å². The maximum Gasteiger partial charge on any atom is 0.226 e. The first kappa shape index (κ1) is 12.4. The second kappa shape index (κ2) is 5.55. The molecule has 2 aromatic rings. The minimum absolute atomic E-state index is 0.0644. The first-order valence-corrected chi connectivity index (χ1v) is 5.79. The number of halogens is 1. The molecular formula is C12H12ClN3O2. The van der Waals surface area contributed by atoms with Crippen molar-refractivity contribution in [3.05, 3.63) is 41.7 Å². The van der Waals surface area contributed by atoms with Gasteiger partial charge in [-0.05, 0) is 18.2 Å². The highest BCUT2D eigenvalue weighted by molar-refractivity contribution is 6.33. The lowest BCUT2D eigenvalue weighted by molar-refractivity contribution is -0.116. The molecule has 0 saturated carbocycles. The van der Waals surface area contributed by atoms with Crippen molar-refractivity contribution in [1.82, 2.24) is 9.78 Å². The average Bonchev–Trinajstić information content (AvgIpc) is 2.83. The largest absolute Gasteiger partial charge is 0.508 e. The molecule has 0 spiro atoms. The third-order valence-electron chi connectivity index (χ3n) is 2.35. The summed E-state index contributed by atoms with van der Waals surface area (Å²) in [5, 5.41) is 16.2. The molecule has 0 aliphatic heterocycles. The molecule has 1 heterocycles. The van der Waals surface area contributed by atoms with Crippen LogP contribution in [0.2, 0.25) is 5.02 Å². The summed E-state index contributed by atoms with van der Waals surface area (Å²) in [6, 6.07) is 6.21. The molecule has 0 aliphatic rings. The summed E-state index contributed by atoms with van der Waals surface area (Å²) in [7, 11) is 0. The first-order valence-electron chi connectivity index (χ1n) is 5.41. The number of carbonyl (C=O) groups excluding carboxylic acids is 1. The highest BCUT2D eigenvalue weighted by atomic mass is 35.5. The smallest absolute Gasteiger partial charge is 0.226 e. The quantitative estimate of drug-likeness (QED) is 0.834. The number of phenolic OH excluding ortho intramolecular Hbond substituents is 1. The van der Waals surface area contributed by atoms with Crippen molar-refractivity contribution >= 4 is 23.2 Å². The highest BCUT2D eigenvalue weighted by Gasteiger charge is 2.06.